The highest BCUT2D eigenvalue weighted by Crippen LogP contribution is 2.17. The molecular weight excluding hydrogens is 296 g/mol. The van der Waals surface area contributed by atoms with Gasteiger partial charge in [0.15, 0.2) is 6.54 Å². The van der Waals surface area contributed by atoms with Crippen molar-refractivity contribution in [3.05, 3.63) is 65.2 Å². The molecule has 2 aromatic carbocycles. The average Bonchev–Trinajstić information content (AvgIpc) is 2.48. The topological polar surface area (TPSA) is 45.7 Å². The molecule has 0 aliphatic carbocycles. The van der Waals surface area contributed by atoms with E-state index in [0.29, 0.717) is 17.5 Å². The molecule has 0 aromatic heterocycles. The number of quaternary nitrogens is 1. The first kappa shape index (κ1) is 16.5. The molecule has 0 fully saturated rings. The summed E-state index contributed by atoms with van der Waals surface area (Å²) in [6, 6.07) is 17.7. The molecule has 0 saturated heterocycles. The van der Waals surface area contributed by atoms with Crippen molar-refractivity contribution in [3.63, 3.8) is 0 Å². The van der Waals surface area contributed by atoms with Crippen molar-refractivity contribution in [1.82, 2.24) is 0 Å². The minimum Gasteiger partial charge on any atom is -0.332 e. The molecule has 0 heterocycles. The highest BCUT2D eigenvalue weighted by molar-refractivity contribution is 6.30. The van der Waals surface area contributed by atoms with Crippen LogP contribution in [0.5, 0.6) is 0 Å². The Morgan fingerprint density at radius 2 is 1.86 bits per heavy atom. The Kier molecular flexibility index (Phi) is 5.99. The van der Waals surface area contributed by atoms with Gasteiger partial charge in [0, 0.05) is 22.2 Å². The summed E-state index contributed by atoms with van der Waals surface area (Å²) in [4.78, 5) is 12.1. The maximum atomic E-state index is 12.1. The fourth-order valence-corrected chi connectivity index (χ4v) is 2.67. The van der Waals surface area contributed by atoms with Gasteiger partial charge in [-0.15, -0.1) is 0 Å². The SMILES string of the molecule is CC(C)[C@H]([NH2+]CC(=O)Nc1cccc(Cl)c1)c1ccccc1. The van der Waals surface area contributed by atoms with Crippen molar-refractivity contribution in [1.29, 1.82) is 0 Å². The molecule has 3 nitrogen and oxygen atoms in total. The summed E-state index contributed by atoms with van der Waals surface area (Å²) in [6.45, 7) is 4.72. The second-order valence-electron chi connectivity index (χ2n) is 5.68. The van der Waals surface area contributed by atoms with Crippen LogP contribution in [0, 0.1) is 5.92 Å². The van der Waals surface area contributed by atoms with E-state index in [9.17, 15) is 4.79 Å². The summed E-state index contributed by atoms with van der Waals surface area (Å²) in [5.41, 5.74) is 1.97. The van der Waals surface area contributed by atoms with Gasteiger partial charge in [0.1, 0.15) is 6.04 Å². The normalized spacial score (nSPS) is 12.2. The second-order valence-corrected chi connectivity index (χ2v) is 6.12. The Morgan fingerprint density at radius 1 is 1.14 bits per heavy atom. The lowest BCUT2D eigenvalue weighted by Crippen LogP contribution is -2.88. The van der Waals surface area contributed by atoms with Crippen LogP contribution in [-0.2, 0) is 4.79 Å². The lowest BCUT2D eigenvalue weighted by molar-refractivity contribution is -0.692. The van der Waals surface area contributed by atoms with Gasteiger partial charge in [-0.1, -0.05) is 61.8 Å². The van der Waals surface area contributed by atoms with Crippen molar-refractivity contribution in [2.45, 2.75) is 19.9 Å². The minimum atomic E-state index is -0.0242. The highest BCUT2D eigenvalue weighted by atomic mass is 35.5. The summed E-state index contributed by atoms with van der Waals surface area (Å²) in [7, 11) is 0. The molecule has 0 radical (unpaired) electrons. The lowest BCUT2D eigenvalue weighted by Gasteiger charge is -2.19. The number of nitrogens with two attached hydrogens (primary N) is 1. The number of carbonyl (C=O) groups excluding carboxylic acids is 1. The van der Waals surface area contributed by atoms with Crippen LogP contribution in [0.15, 0.2) is 54.6 Å². The van der Waals surface area contributed by atoms with E-state index < -0.39 is 0 Å². The smallest absolute Gasteiger partial charge is 0.279 e. The van der Waals surface area contributed by atoms with Crippen LogP contribution < -0.4 is 10.6 Å². The number of rotatable bonds is 6. The molecule has 1 atom stereocenters. The highest BCUT2D eigenvalue weighted by Gasteiger charge is 2.20. The van der Waals surface area contributed by atoms with Crippen molar-refractivity contribution in [3.8, 4) is 0 Å². The maximum absolute atomic E-state index is 12.1. The standard InChI is InChI=1S/C18H21ClN2O/c1-13(2)18(14-7-4-3-5-8-14)20-12-17(22)21-16-10-6-9-15(19)11-16/h3-11,13,18,20H,12H2,1-2H3,(H,21,22)/p+1/t18-/m0/s1. The summed E-state index contributed by atoms with van der Waals surface area (Å²) in [5, 5.41) is 5.57. The van der Waals surface area contributed by atoms with Crippen LogP contribution in [0.25, 0.3) is 0 Å². The number of nitrogens with one attached hydrogen (secondary N) is 1. The Labute approximate surface area is 136 Å². The molecule has 0 saturated carbocycles. The van der Waals surface area contributed by atoms with Crippen molar-refractivity contribution >= 4 is 23.2 Å². The predicted molar refractivity (Wildman–Crippen MR) is 90.9 cm³/mol. The van der Waals surface area contributed by atoms with E-state index in [1.165, 1.54) is 5.56 Å². The van der Waals surface area contributed by atoms with E-state index in [2.05, 4.69) is 36.6 Å². The van der Waals surface area contributed by atoms with Crippen LogP contribution in [0.4, 0.5) is 5.69 Å². The Balaban J connectivity index is 1.94. The van der Waals surface area contributed by atoms with E-state index >= 15 is 0 Å². The third-order valence-corrected chi connectivity index (χ3v) is 3.80. The summed E-state index contributed by atoms with van der Waals surface area (Å²) in [5.74, 6) is 0.421. The quantitative estimate of drug-likeness (QED) is 0.844. The first-order chi connectivity index (χ1) is 10.6. The van der Waals surface area contributed by atoms with Crippen LogP contribution in [0.2, 0.25) is 5.02 Å². The Morgan fingerprint density at radius 3 is 2.50 bits per heavy atom. The van der Waals surface area contributed by atoms with Gasteiger partial charge in [0.2, 0.25) is 0 Å². The van der Waals surface area contributed by atoms with Gasteiger partial charge < -0.3 is 10.6 Å². The number of anilines is 1. The number of carbonyl (C=O) groups is 1. The Bertz CT molecular complexity index is 613. The first-order valence-corrected chi connectivity index (χ1v) is 7.87. The summed E-state index contributed by atoms with van der Waals surface area (Å²) in [6.07, 6.45) is 0. The molecule has 0 spiro atoms. The zero-order chi connectivity index (χ0) is 15.9. The van der Waals surface area contributed by atoms with E-state index in [-0.39, 0.29) is 11.9 Å². The van der Waals surface area contributed by atoms with E-state index in [0.717, 1.165) is 5.69 Å². The average molecular weight is 318 g/mol. The van der Waals surface area contributed by atoms with Crippen LogP contribution in [0.3, 0.4) is 0 Å². The predicted octanol–water partition coefficient (Wildman–Crippen LogP) is 3.24. The molecule has 1 amide bonds. The molecule has 2 rings (SSSR count). The minimum absolute atomic E-state index is 0.0242. The molecule has 0 bridgehead atoms. The van der Waals surface area contributed by atoms with E-state index in [4.69, 9.17) is 11.6 Å². The third kappa shape index (κ3) is 4.86. The summed E-state index contributed by atoms with van der Waals surface area (Å²) >= 11 is 5.92. The molecule has 116 valence electrons. The van der Waals surface area contributed by atoms with Crippen molar-refractivity contribution in [2.75, 3.05) is 11.9 Å². The Hall–Kier alpha value is -1.84. The lowest BCUT2D eigenvalue weighted by atomic mass is 9.96. The number of hydrogen-bond donors (Lipinski definition) is 2. The number of benzene rings is 2. The van der Waals surface area contributed by atoms with Gasteiger partial charge in [-0.2, -0.15) is 0 Å². The molecule has 0 unspecified atom stereocenters. The molecule has 2 aromatic rings. The molecule has 22 heavy (non-hydrogen) atoms. The molecular formula is C18H22ClN2O+. The molecule has 4 heteroatoms. The second kappa shape index (κ2) is 7.97. The zero-order valence-corrected chi connectivity index (χ0v) is 13.7. The number of hydrogen-bond acceptors (Lipinski definition) is 1. The largest absolute Gasteiger partial charge is 0.332 e. The number of halogens is 1. The fourth-order valence-electron chi connectivity index (χ4n) is 2.48. The fraction of sp³-hybridized carbons (Fsp3) is 0.278. The van der Waals surface area contributed by atoms with Gasteiger partial charge in [0.25, 0.3) is 5.91 Å². The van der Waals surface area contributed by atoms with Crippen LogP contribution in [0.1, 0.15) is 25.5 Å². The monoisotopic (exact) mass is 317 g/mol. The van der Waals surface area contributed by atoms with E-state index in [1.807, 2.05) is 30.3 Å². The van der Waals surface area contributed by atoms with Crippen LogP contribution >= 0.6 is 11.6 Å². The molecule has 0 aliphatic rings. The summed E-state index contributed by atoms with van der Waals surface area (Å²) < 4.78 is 0. The number of amides is 1. The van der Waals surface area contributed by atoms with Crippen LogP contribution in [-0.4, -0.2) is 12.5 Å². The van der Waals surface area contributed by atoms with Crippen molar-refractivity contribution in [2.24, 2.45) is 5.92 Å². The van der Waals surface area contributed by atoms with Gasteiger partial charge >= 0.3 is 0 Å². The van der Waals surface area contributed by atoms with Gasteiger partial charge in [-0.3, -0.25) is 4.79 Å². The van der Waals surface area contributed by atoms with Crippen molar-refractivity contribution < 1.29 is 10.1 Å². The van der Waals surface area contributed by atoms with Gasteiger partial charge in [0.05, 0.1) is 0 Å². The van der Waals surface area contributed by atoms with E-state index in [1.54, 1.807) is 12.1 Å². The van der Waals surface area contributed by atoms with Gasteiger partial charge in [-0.05, 0) is 18.2 Å². The third-order valence-electron chi connectivity index (χ3n) is 3.57. The first-order valence-electron chi connectivity index (χ1n) is 7.50. The maximum Gasteiger partial charge on any atom is 0.279 e. The molecule has 0 aliphatic heterocycles. The zero-order valence-electron chi connectivity index (χ0n) is 12.9. The molecule has 3 N–H and O–H groups in total. The van der Waals surface area contributed by atoms with Gasteiger partial charge in [-0.25, -0.2) is 0 Å².